The van der Waals surface area contributed by atoms with Crippen molar-refractivity contribution in [2.24, 2.45) is 0 Å². The van der Waals surface area contributed by atoms with E-state index in [1.165, 1.54) is 0 Å². The second kappa shape index (κ2) is 10.1. The Morgan fingerprint density at radius 2 is 1.62 bits per heavy atom. The number of halogens is 4. The van der Waals surface area contributed by atoms with Gasteiger partial charge in [-0.15, -0.1) is 0 Å². The van der Waals surface area contributed by atoms with Gasteiger partial charge in [0.2, 0.25) is 0 Å². The molecular formula is C21H16Cl4N6S. The predicted molar refractivity (Wildman–Crippen MR) is 135 cm³/mol. The molecule has 4 aromatic rings. The van der Waals surface area contributed by atoms with Crippen LogP contribution in [0.5, 0.6) is 0 Å². The summed E-state index contributed by atoms with van der Waals surface area (Å²) >= 11 is 29.8. The largest absolute Gasteiger partial charge is 0.330 e. The molecule has 32 heavy (non-hydrogen) atoms. The summed E-state index contributed by atoms with van der Waals surface area (Å²) in [6.45, 7) is 1.07. The molecule has 0 aliphatic carbocycles. The highest BCUT2D eigenvalue weighted by molar-refractivity contribution is 7.80. The molecule has 0 saturated heterocycles. The first-order valence-corrected chi connectivity index (χ1v) is 11.3. The molecule has 2 heterocycles. The average molecular weight is 526 g/mol. The van der Waals surface area contributed by atoms with E-state index >= 15 is 0 Å². The van der Waals surface area contributed by atoms with E-state index in [4.69, 9.17) is 58.6 Å². The van der Waals surface area contributed by atoms with Crippen LogP contribution in [0.2, 0.25) is 20.1 Å². The van der Waals surface area contributed by atoms with Gasteiger partial charge in [0.25, 0.3) is 0 Å². The van der Waals surface area contributed by atoms with Gasteiger partial charge in [-0.1, -0.05) is 64.6 Å². The van der Waals surface area contributed by atoms with Crippen molar-refractivity contribution < 1.29 is 0 Å². The van der Waals surface area contributed by atoms with Gasteiger partial charge in [0, 0.05) is 17.4 Å². The zero-order valence-corrected chi connectivity index (χ0v) is 20.2. The molecule has 0 unspecified atom stereocenters. The smallest absolute Gasteiger partial charge is 0.176 e. The van der Waals surface area contributed by atoms with Gasteiger partial charge in [-0.05, 0) is 47.6 Å². The maximum atomic E-state index is 6.31. The van der Waals surface area contributed by atoms with Gasteiger partial charge in [-0.2, -0.15) is 10.2 Å². The monoisotopic (exact) mass is 524 g/mol. The van der Waals surface area contributed by atoms with Crippen LogP contribution >= 0.6 is 58.6 Å². The van der Waals surface area contributed by atoms with Gasteiger partial charge in [-0.3, -0.25) is 9.36 Å². The van der Waals surface area contributed by atoms with Crippen LogP contribution in [-0.4, -0.2) is 24.7 Å². The highest BCUT2D eigenvalue weighted by Crippen LogP contribution is 2.24. The first-order valence-electron chi connectivity index (χ1n) is 9.37. The maximum Gasteiger partial charge on any atom is 0.176 e. The van der Waals surface area contributed by atoms with E-state index in [0.717, 1.165) is 16.8 Å². The topological polar surface area (TPSA) is 59.7 Å². The van der Waals surface area contributed by atoms with Gasteiger partial charge in [-0.25, -0.2) is 0 Å². The summed E-state index contributed by atoms with van der Waals surface area (Å²) in [7, 11) is 0. The van der Waals surface area contributed by atoms with Gasteiger partial charge in [0.05, 0.1) is 35.0 Å². The van der Waals surface area contributed by atoms with E-state index in [1.54, 1.807) is 33.9 Å². The molecule has 2 N–H and O–H groups in total. The van der Waals surface area contributed by atoms with Crippen LogP contribution in [-0.2, 0) is 13.1 Å². The number of thiocarbonyl (C=S) groups is 1. The molecule has 0 bridgehead atoms. The predicted octanol–water partition coefficient (Wildman–Crippen LogP) is 6.60. The lowest BCUT2D eigenvalue weighted by molar-refractivity contribution is 0.687. The van der Waals surface area contributed by atoms with Crippen LogP contribution in [0.3, 0.4) is 0 Å². The summed E-state index contributed by atoms with van der Waals surface area (Å²) in [5, 5.41) is 17.3. The number of hydrogen-bond acceptors (Lipinski definition) is 3. The first kappa shape index (κ1) is 22.9. The van der Waals surface area contributed by atoms with Crippen LogP contribution in [0.25, 0.3) is 0 Å². The summed E-state index contributed by atoms with van der Waals surface area (Å²) < 4.78 is 3.48. The fourth-order valence-corrected chi connectivity index (χ4v) is 3.94. The van der Waals surface area contributed by atoms with Crippen molar-refractivity contribution in [3.8, 4) is 0 Å². The van der Waals surface area contributed by atoms with E-state index in [-0.39, 0.29) is 0 Å². The Morgan fingerprint density at radius 1 is 0.844 bits per heavy atom. The Labute approximate surface area is 210 Å². The Kier molecular flexibility index (Phi) is 7.23. The van der Waals surface area contributed by atoms with Crippen molar-refractivity contribution >= 4 is 75.2 Å². The van der Waals surface area contributed by atoms with Crippen molar-refractivity contribution in [2.45, 2.75) is 13.1 Å². The van der Waals surface area contributed by atoms with Gasteiger partial charge >= 0.3 is 0 Å². The zero-order valence-electron chi connectivity index (χ0n) is 16.4. The number of aromatic nitrogens is 4. The Hall–Kier alpha value is -2.29. The summed E-state index contributed by atoms with van der Waals surface area (Å²) in [5.74, 6) is 0.440. The lowest BCUT2D eigenvalue weighted by Gasteiger charge is -2.07. The summed E-state index contributed by atoms with van der Waals surface area (Å²) in [6.07, 6.45) is 5.24. The Morgan fingerprint density at radius 3 is 2.41 bits per heavy atom. The third-order valence-electron chi connectivity index (χ3n) is 4.40. The highest BCUT2D eigenvalue weighted by Gasteiger charge is 2.11. The van der Waals surface area contributed by atoms with E-state index < -0.39 is 0 Å². The van der Waals surface area contributed by atoms with Crippen molar-refractivity contribution in [2.75, 3.05) is 10.6 Å². The Balaban J connectivity index is 1.36. The van der Waals surface area contributed by atoms with Crippen molar-refractivity contribution in [3.05, 3.63) is 92.3 Å². The molecule has 2 aromatic carbocycles. The molecule has 11 heteroatoms. The van der Waals surface area contributed by atoms with Gasteiger partial charge < -0.3 is 10.6 Å². The molecule has 0 atom stereocenters. The van der Waals surface area contributed by atoms with Crippen LogP contribution in [0.1, 0.15) is 11.1 Å². The fraction of sp³-hybridized carbons (Fsp3) is 0.0952. The summed E-state index contributed by atoms with van der Waals surface area (Å²) in [5.41, 5.74) is 2.72. The van der Waals surface area contributed by atoms with Crippen molar-refractivity contribution in [1.29, 1.82) is 0 Å². The lowest BCUT2D eigenvalue weighted by atomic mass is 10.2. The molecule has 0 amide bonds. The SMILES string of the molecule is S=C(Nc1cnn(Cc2cccc(Cl)c2)c1)Nc1nn(Cc2ccc(Cl)c(Cl)c2)cc1Cl. The summed E-state index contributed by atoms with van der Waals surface area (Å²) in [4.78, 5) is 0. The van der Waals surface area contributed by atoms with Crippen LogP contribution in [0.4, 0.5) is 11.5 Å². The molecule has 0 spiro atoms. The second-order valence-corrected chi connectivity index (χ2v) is 8.97. The minimum Gasteiger partial charge on any atom is -0.330 e. The summed E-state index contributed by atoms with van der Waals surface area (Å²) in [6, 6.07) is 13.0. The molecule has 2 aromatic heterocycles. The third kappa shape index (κ3) is 5.94. The molecule has 0 saturated carbocycles. The number of nitrogens with zero attached hydrogens (tertiary/aromatic N) is 4. The maximum absolute atomic E-state index is 6.31. The third-order valence-corrected chi connectivity index (χ3v) is 5.86. The highest BCUT2D eigenvalue weighted by atomic mass is 35.5. The van der Waals surface area contributed by atoms with Crippen LogP contribution in [0, 0.1) is 0 Å². The number of rotatable bonds is 6. The second-order valence-electron chi connectivity index (χ2n) is 6.91. The average Bonchev–Trinajstić information content (AvgIpc) is 3.30. The molecule has 0 fully saturated rings. The van der Waals surface area contributed by atoms with E-state index in [1.807, 2.05) is 36.5 Å². The molecule has 0 aliphatic heterocycles. The lowest BCUT2D eigenvalue weighted by Crippen LogP contribution is -2.19. The minimum absolute atomic E-state index is 0.342. The Bertz CT molecular complexity index is 1270. The van der Waals surface area contributed by atoms with E-state index in [9.17, 15) is 0 Å². The van der Waals surface area contributed by atoms with Crippen LogP contribution < -0.4 is 10.6 Å². The molecule has 164 valence electrons. The van der Waals surface area contributed by atoms with E-state index in [0.29, 0.717) is 44.1 Å². The number of nitrogens with one attached hydrogen (secondary N) is 2. The van der Waals surface area contributed by atoms with Crippen LogP contribution in [0.15, 0.2) is 61.1 Å². The molecule has 0 aliphatic rings. The normalized spacial score (nSPS) is 10.9. The van der Waals surface area contributed by atoms with Crippen molar-refractivity contribution in [1.82, 2.24) is 19.6 Å². The molecular weight excluding hydrogens is 510 g/mol. The number of benzene rings is 2. The molecule has 6 nitrogen and oxygen atoms in total. The zero-order chi connectivity index (χ0) is 22.7. The van der Waals surface area contributed by atoms with Crippen molar-refractivity contribution in [3.63, 3.8) is 0 Å². The van der Waals surface area contributed by atoms with Gasteiger partial charge in [0.15, 0.2) is 10.9 Å². The fourth-order valence-electron chi connectivity index (χ4n) is 2.99. The van der Waals surface area contributed by atoms with Gasteiger partial charge in [0.1, 0.15) is 5.02 Å². The first-order chi connectivity index (χ1) is 15.4. The molecule has 4 rings (SSSR count). The standard InChI is InChI=1S/C21H16Cl4N6S/c22-15-3-1-2-13(6-15)9-30-11-16(8-26-30)27-21(32)28-20-19(25)12-31(29-20)10-14-4-5-17(23)18(24)7-14/h1-8,11-12H,9-10H2,(H2,27,28,29,32). The number of anilines is 2. The number of hydrogen-bond donors (Lipinski definition) is 2. The van der Waals surface area contributed by atoms with E-state index in [2.05, 4.69) is 20.8 Å². The molecule has 0 radical (unpaired) electrons. The minimum atomic E-state index is 0.342. The quantitative estimate of drug-likeness (QED) is 0.278.